The standard InChI is InChI=1S/C19H29N3O3/c1-2-11-20-19(24)22-13-7-12-21(14-15-22)18(23)10-6-16-25-17-8-4-3-5-9-17/h3-5,8-9H,2,6-7,10-16H2,1H3,(H,20,24). The first-order valence-corrected chi connectivity index (χ1v) is 9.19. The molecular formula is C19H29N3O3. The van der Waals surface area contributed by atoms with E-state index in [0.717, 1.165) is 25.1 Å². The molecular weight excluding hydrogens is 318 g/mol. The molecule has 1 aliphatic heterocycles. The Morgan fingerprint density at radius 2 is 1.80 bits per heavy atom. The average molecular weight is 347 g/mol. The zero-order chi connectivity index (χ0) is 17.9. The summed E-state index contributed by atoms with van der Waals surface area (Å²) in [6.45, 7) is 5.89. The summed E-state index contributed by atoms with van der Waals surface area (Å²) in [4.78, 5) is 28.1. The fraction of sp³-hybridized carbons (Fsp3) is 0.579. The molecule has 0 aromatic heterocycles. The molecule has 0 atom stereocenters. The lowest BCUT2D eigenvalue weighted by molar-refractivity contribution is -0.131. The summed E-state index contributed by atoms with van der Waals surface area (Å²) >= 11 is 0. The molecule has 0 spiro atoms. The Labute approximate surface area is 150 Å². The Morgan fingerprint density at radius 3 is 2.56 bits per heavy atom. The van der Waals surface area contributed by atoms with Gasteiger partial charge >= 0.3 is 6.03 Å². The van der Waals surface area contributed by atoms with Crippen LogP contribution in [0.4, 0.5) is 4.79 Å². The van der Waals surface area contributed by atoms with Crippen LogP contribution in [0.5, 0.6) is 5.75 Å². The number of para-hydroxylation sites is 1. The number of carbonyl (C=O) groups is 2. The van der Waals surface area contributed by atoms with Gasteiger partial charge in [-0.3, -0.25) is 4.79 Å². The smallest absolute Gasteiger partial charge is 0.317 e. The maximum Gasteiger partial charge on any atom is 0.317 e. The number of amides is 3. The van der Waals surface area contributed by atoms with E-state index in [9.17, 15) is 9.59 Å². The van der Waals surface area contributed by atoms with Gasteiger partial charge in [0.25, 0.3) is 0 Å². The van der Waals surface area contributed by atoms with Gasteiger partial charge in [0.2, 0.25) is 5.91 Å². The van der Waals surface area contributed by atoms with E-state index < -0.39 is 0 Å². The van der Waals surface area contributed by atoms with Crippen molar-refractivity contribution >= 4 is 11.9 Å². The van der Waals surface area contributed by atoms with Crippen molar-refractivity contribution in [2.75, 3.05) is 39.3 Å². The van der Waals surface area contributed by atoms with E-state index in [0.29, 0.717) is 45.6 Å². The van der Waals surface area contributed by atoms with Gasteiger partial charge < -0.3 is 19.9 Å². The lowest BCUT2D eigenvalue weighted by atomic mass is 10.2. The number of carbonyl (C=O) groups excluding carboxylic acids is 2. The Morgan fingerprint density at radius 1 is 1.08 bits per heavy atom. The maximum atomic E-state index is 12.4. The highest BCUT2D eigenvalue weighted by molar-refractivity contribution is 5.77. The van der Waals surface area contributed by atoms with Crippen molar-refractivity contribution in [1.82, 2.24) is 15.1 Å². The van der Waals surface area contributed by atoms with Gasteiger partial charge in [0.05, 0.1) is 6.61 Å². The number of benzene rings is 1. The molecule has 0 unspecified atom stereocenters. The second-order valence-corrected chi connectivity index (χ2v) is 6.22. The van der Waals surface area contributed by atoms with Crippen molar-refractivity contribution in [1.29, 1.82) is 0 Å². The Kier molecular flexibility index (Phi) is 8.09. The summed E-state index contributed by atoms with van der Waals surface area (Å²) in [7, 11) is 0. The molecule has 25 heavy (non-hydrogen) atoms. The third kappa shape index (κ3) is 6.64. The summed E-state index contributed by atoms with van der Waals surface area (Å²) in [6.07, 6.45) is 2.93. The Bertz CT molecular complexity index is 536. The largest absolute Gasteiger partial charge is 0.494 e. The monoisotopic (exact) mass is 347 g/mol. The minimum atomic E-state index is -0.0209. The second-order valence-electron chi connectivity index (χ2n) is 6.22. The van der Waals surface area contributed by atoms with Crippen molar-refractivity contribution in [3.63, 3.8) is 0 Å². The first-order chi connectivity index (χ1) is 12.2. The van der Waals surface area contributed by atoms with Crippen LogP contribution in [0.2, 0.25) is 0 Å². The van der Waals surface area contributed by atoms with Gasteiger partial charge in [-0.05, 0) is 31.4 Å². The third-order valence-corrected chi connectivity index (χ3v) is 4.21. The zero-order valence-electron chi connectivity index (χ0n) is 15.1. The summed E-state index contributed by atoms with van der Waals surface area (Å²) < 4.78 is 5.62. The topological polar surface area (TPSA) is 61.9 Å². The summed E-state index contributed by atoms with van der Waals surface area (Å²) in [5, 5.41) is 2.90. The molecule has 138 valence electrons. The van der Waals surface area contributed by atoms with E-state index in [1.165, 1.54) is 0 Å². The van der Waals surface area contributed by atoms with Crippen molar-refractivity contribution in [3.05, 3.63) is 30.3 Å². The Balaban J connectivity index is 1.67. The number of urea groups is 1. The van der Waals surface area contributed by atoms with Crippen LogP contribution >= 0.6 is 0 Å². The van der Waals surface area contributed by atoms with E-state index in [1.807, 2.05) is 42.2 Å². The van der Waals surface area contributed by atoms with Crippen LogP contribution in [0.25, 0.3) is 0 Å². The SMILES string of the molecule is CCCNC(=O)N1CCCN(C(=O)CCCOc2ccccc2)CC1. The molecule has 1 fully saturated rings. The minimum Gasteiger partial charge on any atom is -0.494 e. The molecule has 2 rings (SSSR count). The predicted molar refractivity (Wildman–Crippen MR) is 97.6 cm³/mol. The lowest BCUT2D eigenvalue weighted by Crippen LogP contribution is -2.42. The second kappa shape index (κ2) is 10.6. The molecule has 1 N–H and O–H groups in total. The Hall–Kier alpha value is -2.24. The van der Waals surface area contributed by atoms with Gasteiger partial charge in [0, 0.05) is 39.1 Å². The number of hydrogen-bond acceptors (Lipinski definition) is 3. The van der Waals surface area contributed by atoms with E-state index in [-0.39, 0.29) is 11.9 Å². The third-order valence-electron chi connectivity index (χ3n) is 4.21. The molecule has 6 heteroatoms. The number of nitrogens with one attached hydrogen (secondary N) is 1. The van der Waals surface area contributed by atoms with Crippen LogP contribution in [0.1, 0.15) is 32.6 Å². The number of ether oxygens (including phenoxy) is 1. The van der Waals surface area contributed by atoms with Crippen LogP contribution in [0, 0.1) is 0 Å². The highest BCUT2D eigenvalue weighted by Crippen LogP contribution is 2.10. The summed E-state index contributed by atoms with van der Waals surface area (Å²) in [6, 6.07) is 9.61. The lowest BCUT2D eigenvalue weighted by Gasteiger charge is -2.22. The predicted octanol–water partition coefficient (Wildman–Crippen LogP) is 2.50. The molecule has 0 saturated carbocycles. The summed E-state index contributed by atoms with van der Waals surface area (Å²) in [5.74, 6) is 0.978. The van der Waals surface area contributed by atoms with Gasteiger partial charge in [-0.15, -0.1) is 0 Å². The number of nitrogens with zero attached hydrogens (tertiary/aromatic N) is 2. The normalized spacial score (nSPS) is 14.8. The van der Waals surface area contributed by atoms with Gasteiger partial charge in [0.1, 0.15) is 5.75 Å². The van der Waals surface area contributed by atoms with Crippen LogP contribution in [-0.2, 0) is 4.79 Å². The first kappa shape index (κ1) is 19.1. The molecule has 1 saturated heterocycles. The van der Waals surface area contributed by atoms with Gasteiger partial charge in [-0.2, -0.15) is 0 Å². The highest BCUT2D eigenvalue weighted by Gasteiger charge is 2.21. The number of hydrogen-bond donors (Lipinski definition) is 1. The van der Waals surface area contributed by atoms with Crippen LogP contribution in [0.15, 0.2) is 30.3 Å². The first-order valence-electron chi connectivity index (χ1n) is 9.19. The van der Waals surface area contributed by atoms with E-state index in [4.69, 9.17) is 4.74 Å². The van der Waals surface area contributed by atoms with E-state index in [2.05, 4.69) is 5.32 Å². The van der Waals surface area contributed by atoms with Gasteiger partial charge in [-0.1, -0.05) is 25.1 Å². The van der Waals surface area contributed by atoms with Crippen LogP contribution < -0.4 is 10.1 Å². The zero-order valence-corrected chi connectivity index (χ0v) is 15.1. The fourth-order valence-corrected chi connectivity index (χ4v) is 2.80. The minimum absolute atomic E-state index is 0.0209. The van der Waals surface area contributed by atoms with Gasteiger partial charge in [0.15, 0.2) is 0 Å². The maximum absolute atomic E-state index is 12.4. The molecule has 0 radical (unpaired) electrons. The highest BCUT2D eigenvalue weighted by atomic mass is 16.5. The van der Waals surface area contributed by atoms with Crippen molar-refractivity contribution < 1.29 is 14.3 Å². The molecule has 1 aliphatic rings. The van der Waals surface area contributed by atoms with Crippen LogP contribution in [-0.4, -0.2) is 61.1 Å². The van der Waals surface area contributed by atoms with E-state index in [1.54, 1.807) is 4.90 Å². The number of rotatable bonds is 7. The molecule has 6 nitrogen and oxygen atoms in total. The molecule has 1 aromatic rings. The molecule has 1 heterocycles. The van der Waals surface area contributed by atoms with E-state index >= 15 is 0 Å². The van der Waals surface area contributed by atoms with Crippen LogP contribution in [0.3, 0.4) is 0 Å². The van der Waals surface area contributed by atoms with Gasteiger partial charge in [-0.25, -0.2) is 4.79 Å². The van der Waals surface area contributed by atoms with Crippen molar-refractivity contribution in [3.8, 4) is 5.75 Å². The molecule has 0 bridgehead atoms. The molecule has 0 aliphatic carbocycles. The average Bonchev–Trinajstić information content (AvgIpc) is 2.90. The quantitative estimate of drug-likeness (QED) is 0.771. The fourth-order valence-electron chi connectivity index (χ4n) is 2.80. The molecule has 3 amide bonds. The van der Waals surface area contributed by atoms with Crippen molar-refractivity contribution in [2.45, 2.75) is 32.6 Å². The molecule has 1 aromatic carbocycles. The summed E-state index contributed by atoms with van der Waals surface area (Å²) in [5.41, 5.74) is 0. The van der Waals surface area contributed by atoms with Crippen molar-refractivity contribution in [2.24, 2.45) is 0 Å².